The van der Waals surface area contributed by atoms with Gasteiger partial charge < -0.3 is 4.74 Å². The number of halogens is 7. The molecule has 0 aliphatic carbocycles. The smallest absolute Gasteiger partial charge is 0.417 e. The first-order valence-corrected chi connectivity index (χ1v) is 15.0. The average molecular weight is 675 g/mol. The summed E-state index contributed by atoms with van der Waals surface area (Å²) in [6.45, 7) is 4.17. The lowest BCUT2D eigenvalue weighted by atomic mass is 9.88. The van der Waals surface area contributed by atoms with Crippen LogP contribution < -0.4 is 4.74 Å². The molecule has 0 bridgehead atoms. The molecule has 0 unspecified atom stereocenters. The standard InChI is InChI=1S/C37H25F7N4O/c1-20-10-11-45-32(12-20)48-30-7-5-4-6-28(30)29-9-8-26(17-31(29)48)49-27-15-24(38)14-25(16-27)47-19-23(18-46-47)33-34(36(39,40)41)21(2)13-22(3)35(33)37(42,43)44/h4-19H,1-3H3. The number of pyridine rings is 1. The van der Waals surface area contributed by atoms with Gasteiger partial charge in [0.05, 0.1) is 34.0 Å². The molecule has 0 aliphatic rings. The Morgan fingerprint density at radius 2 is 1.39 bits per heavy atom. The van der Waals surface area contributed by atoms with Crippen molar-refractivity contribution in [2.24, 2.45) is 0 Å². The highest BCUT2D eigenvalue weighted by molar-refractivity contribution is 6.09. The number of hydrogen-bond donors (Lipinski definition) is 0. The summed E-state index contributed by atoms with van der Waals surface area (Å²) in [5, 5.41) is 5.94. The van der Waals surface area contributed by atoms with Crippen molar-refractivity contribution >= 4 is 21.8 Å². The third-order valence-corrected chi connectivity index (χ3v) is 8.29. The van der Waals surface area contributed by atoms with Crippen molar-refractivity contribution < 1.29 is 35.5 Å². The predicted octanol–water partition coefficient (Wildman–Crippen LogP) is 10.9. The minimum atomic E-state index is -5.09. The Morgan fingerprint density at radius 1 is 0.694 bits per heavy atom. The Kier molecular flexibility index (Phi) is 7.49. The summed E-state index contributed by atoms with van der Waals surface area (Å²) in [7, 11) is 0. The SMILES string of the molecule is Cc1ccnc(-n2c3ccccc3c3ccc(Oc4cc(F)cc(-n5cc(-c6c(C(F)(F)F)c(C)cc(C)c6C(F)(F)F)cn5)c4)cc32)c1. The van der Waals surface area contributed by atoms with E-state index in [0.29, 0.717) is 11.6 Å². The van der Waals surface area contributed by atoms with Crippen LogP contribution in [0, 0.1) is 26.6 Å². The molecule has 0 aliphatic heterocycles. The number of rotatable bonds is 5. The average Bonchev–Trinajstić information content (AvgIpc) is 3.62. The first-order chi connectivity index (χ1) is 23.2. The number of alkyl halides is 6. The lowest BCUT2D eigenvalue weighted by Gasteiger charge is -2.22. The van der Waals surface area contributed by atoms with Crippen LogP contribution in [0.4, 0.5) is 30.7 Å². The van der Waals surface area contributed by atoms with Gasteiger partial charge in [-0.05, 0) is 73.9 Å². The lowest BCUT2D eigenvalue weighted by molar-refractivity contribution is -0.142. The summed E-state index contributed by atoms with van der Waals surface area (Å²) in [6.07, 6.45) is -6.55. The number of aryl methyl sites for hydroxylation is 3. The molecular formula is C37H25F7N4O. The van der Waals surface area contributed by atoms with Gasteiger partial charge in [-0.25, -0.2) is 14.1 Å². The predicted molar refractivity (Wildman–Crippen MR) is 172 cm³/mol. The second-order valence-electron chi connectivity index (χ2n) is 11.8. The fourth-order valence-corrected chi connectivity index (χ4v) is 6.38. The molecule has 0 amide bonds. The maximum Gasteiger partial charge on any atom is 0.417 e. The van der Waals surface area contributed by atoms with Gasteiger partial charge in [0, 0.05) is 52.5 Å². The highest BCUT2D eigenvalue weighted by Gasteiger charge is 2.44. The van der Waals surface area contributed by atoms with E-state index in [9.17, 15) is 30.7 Å². The minimum Gasteiger partial charge on any atom is -0.457 e. The number of hydrogen-bond acceptors (Lipinski definition) is 3. The molecule has 7 aromatic rings. The molecule has 49 heavy (non-hydrogen) atoms. The van der Waals surface area contributed by atoms with E-state index in [1.807, 2.05) is 54.0 Å². The second kappa shape index (κ2) is 11.5. The van der Waals surface area contributed by atoms with Gasteiger partial charge in [-0.1, -0.05) is 24.3 Å². The van der Waals surface area contributed by atoms with E-state index in [0.717, 1.165) is 76.5 Å². The Bertz CT molecular complexity index is 2370. The first-order valence-electron chi connectivity index (χ1n) is 15.0. The zero-order chi connectivity index (χ0) is 34.8. The lowest BCUT2D eigenvalue weighted by Crippen LogP contribution is -2.17. The number of benzene rings is 4. The Morgan fingerprint density at radius 3 is 2.08 bits per heavy atom. The van der Waals surface area contributed by atoms with Crippen molar-refractivity contribution in [1.29, 1.82) is 0 Å². The number of ether oxygens (including phenoxy) is 1. The summed E-state index contributed by atoms with van der Waals surface area (Å²) >= 11 is 0. The van der Waals surface area contributed by atoms with Gasteiger partial charge in [-0.2, -0.15) is 31.4 Å². The van der Waals surface area contributed by atoms with Crippen molar-refractivity contribution in [3.8, 4) is 34.1 Å². The molecular weight excluding hydrogens is 649 g/mol. The highest BCUT2D eigenvalue weighted by atomic mass is 19.4. The van der Waals surface area contributed by atoms with E-state index in [2.05, 4.69) is 10.1 Å². The number of para-hydroxylation sites is 1. The fourth-order valence-electron chi connectivity index (χ4n) is 6.38. The van der Waals surface area contributed by atoms with Crippen LogP contribution in [0.15, 0.2) is 97.5 Å². The van der Waals surface area contributed by atoms with Gasteiger partial charge in [0.2, 0.25) is 0 Å². The summed E-state index contributed by atoms with van der Waals surface area (Å²) < 4.78 is 109. The monoisotopic (exact) mass is 674 g/mol. The molecule has 248 valence electrons. The van der Waals surface area contributed by atoms with Crippen LogP contribution in [0.5, 0.6) is 11.5 Å². The van der Waals surface area contributed by atoms with E-state index in [-0.39, 0.29) is 22.6 Å². The zero-order valence-electron chi connectivity index (χ0n) is 26.1. The zero-order valence-corrected chi connectivity index (χ0v) is 26.1. The van der Waals surface area contributed by atoms with E-state index >= 15 is 0 Å². The van der Waals surface area contributed by atoms with Crippen molar-refractivity contribution in [3.05, 3.63) is 131 Å². The molecule has 0 atom stereocenters. The molecule has 7 rings (SSSR count). The van der Waals surface area contributed by atoms with Crippen molar-refractivity contribution in [1.82, 2.24) is 19.3 Å². The van der Waals surface area contributed by atoms with Crippen LogP contribution >= 0.6 is 0 Å². The van der Waals surface area contributed by atoms with Crippen molar-refractivity contribution in [2.75, 3.05) is 0 Å². The Hall–Kier alpha value is -5.65. The molecule has 0 fully saturated rings. The van der Waals surface area contributed by atoms with Crippen LogP contribution in [0.1, 0.15) is 27.8 Å². The third-order valence-electron chi connectivity index (χ3n) is 8.29. The summed E-state index contributed by atoms with van der Waals surface area (Å²) in [5.74, 6) is 0.307. The molecule has 0 N–H and O–H groups in total. The Balaban J connectivity index is 1.30. The van der Waals surface area contributed by atoms with E-state index in [1.165, 1.54) is 6.07 Å². The quantitative estimate of drug-likeness (QED) is 0.171. The van der Waals surface area contributed by atoms with E-state index in [1.54, 1.807) is 18.3 Å². The van der Waals surface area contributed by atoms with Crippen LogP contribution in [0.25, 0.3) is 44.4 Å². The van der Waals surface area contributed by atoms with E-state index < -0.39 is 40.4 Å². The Labute approximate surface area is 274 Å². The summed E-state index contributed by atoms with van der Waals surface area (Å²) in [4.78, 5) is 4.56. The highest BCUT2D eigenvalue weighted by Crippen LogP contribution is 2.47. The largest absolute Gasteiger partial charge is 0.457 e. The van der Waals surface area contributed by atoms with Gasteiger partial charge in [0.1, 0.15) is 23.1 Å². The maximum atomic E-state index is 15.0. The fraction of sp³-hybridized carbons (Fsp3) is 0.135. The van der Waals surface area contributed by atoms with Crippen LogP contribution in [0.3, 0.4) is 0 Å². The third kappa shape index (κ3) is 5.77. The second-order valence-corrected chi connectivity index (χ2v) is 11.8. The number of fused-ring (bicyclic) bond motifs is 3. The van der Waals surface area contributed by atoms with Gasteiger partial charge in [-0.15, -0.1) is 0 Å². The van der Waals surface area contributed by atoms with Gasteiger partial charge in [0.25, 0.3) is 0 Å². The van der Waals surface area contributed by atoms with Gasteiger partial charge in [-0.3, -0.25) is 4.57 Å². The normalized spacial score (nSPS) is 12.3. The molecule has 4 aromatic carbocycles. The minimum absolute atomic E-state index is 0.0203. The summed E-state index contributed by atoms with van der Waals surface area (Å²) in [5.41, 5.74) is -2.30. The summed E-state index contributed by atoms with van der Waals surface area (Å²) in [6, 6.07) is 21.5. The number of aromatic nitrogens is 4. The van der Waals surface area contributed by atoms with Gasteiger partial charge in [0.15, 0.2) is 0 Å². The maximum absolute atomic E-state index is 15.0. The molecule has 0 radical (unpaired) electrons. The number of nitrogens with zero attached hydrogens (tertiary/aromatic N) is 4. The van der Waals surface area contributed by atoms with Crippen LogP contribution in [-0.2, 0) is 12.4 Å². The molecule has 5 nitrogen and oxygen atoms in total. The first kappa shape index (κ1) is 31.9. The van der Waals surface area contributed by atoms with Crippen molar-refractivity contribution in [3.63, 3.8) is 0 Å². The topological polar surface area (TPSA) is 44.9 Å². The van der Waals surface area contributed by atoms with Crippen molar-refractivity contribution in [2.45, 2.75) is 33.1 Å². The molecule has 0 saturated heterocycles. The molecule has 3 aromatic heterocycles. The molecule has 12 heteroatoms. The van der Waals surface area contributed by atoms with Gasteiger partial charge >= 0.3 is 12.4 Å². The molecule has 0 spiro atoms. The van der Waals surface area contributed by atoms with E-state index in [4.69, 9.17) is 4.74 Å². The molecule has 0 saturated carbocycles. The van der Waals surface area contributed by atoms with Crippen LogP contribution in [-0.4, -0.2) is 19.3 Å². The van der Waals surface area contributed by atoms with Crippen LogP contribution in [0.2, 0.25) is 0 Å². The molecule has 3 heterocycles.